The molecule has 4 heteroatoms. The highest BCUT2D eigenvalue weighted by Gasteiger charge is 2.12. The first-order valence-electron chi connectivity index (χ1n) is 5.68. The molecule has 1 aliphatic heterocycles. The number of hydrogen-bond donors (Lipinski definition) is 1. The molecule has 2 rings (SSSR count). The molecule has 88 valence electrons. The average Bonchev–Trinajstić information content (AvgIpc) is 2.38. The van der Waals surface area contributed by atoms with Crippen molar-refractivity contribution in [3.8, 4) is 5.88 Å². The van der Waals surface area contributed by atoms with Gasteiger partial charge >= 0.3 is 0 Å². The van der Waals surface area contributed by atoms with Gasteiger partial charge in [-0.2, -0.15) is 11.8 Å². The number of ether oxygens (including phenoxy) is 1. The summed E-state index contributed by atoms with van der Waals surface area (Å²) < 4.78 is 5.03. The van der Waals surface area contributed by atoms with Crippen molar-refractivity contribution in [2.24, 2.45) is 0 Å². The van der Waals surface area contributed by atoms with Crippen molar-refractivity contribution in [1.82, 2.24) is 10.3 Å². The van der Waals surface area contributed by atoms with Crippen LogP contribution >= 0.6 is 11.8 Å². The van der Waals surface area contributed by atoms with E-state index in [2.05, 4.69) is 28.1 Å². The molecule has 1 aromatic rings. The van der Waals surface area contributed by atoms with Crippen molar-refractivity contribution >= 4 is 11.8 Å². The van der Waals surface area contributed by atoms with Gasteiger partial charge in [-0.1, -0.05) is 6.07 Å². The average molecular weight is 238 g/mol. The van der Waals surface area contributed by atoms with E-state index in [4.69, 9.17) is 4.74 Å². The largest absolute Gasteiger partial charge is 0.481 e. The SMILES string of the molecule is COc1ccc(CNC2CCSCC2)cn1. The third-order valence-electron chi connectivity index (χ3n) is 2.82. The lowest BCUT2D eigenvalue weighted by Gasteiger charge is -2.22. The number of hydrogen-bond acceptors (Lipinski definition) is 4. The maximum Gasteiger partial charge on any atom is 0.212 e. The highest BCUT2D eigenvalue weighted by Crippen LogP contribution is 2.17. The Hall–Kier alpha value is -0.740. The Labute approximate surface area is 101 Å². The molecule has 0 amide bonds. The molecule has 0 saturated carbocycles. The van der Waals surface area contributed by atoms with Crippen molar-refractivity contribution in [1.29, 1.82) is 0 Å². The van der Waals surface area contributed by atoms with Crippen LogP contribution in [0.5, 0.6) is 5.88 Å². The minimum atomic E-state index is 0.679. The molecule has 1 saturated heterocycles. The zero-order valence-electron chi connectivity index (χ0n) is 9.61. The fourth-order valence-electron chi connectivity index (χ4n) is 1.80. The standard InChI is InChI=1S/C12H18N2OS/c1-15-12-3-2-10(9-14-12)8-13-11-4-6-16-7-5-11/h2-3,9,11,13H,4-8H2,1H3. The first kappa shape index (κ1) is 11.7. The van der Waals surface area contributed by atoms with Crippen LogP contribution in [0.25, 0.3) is 0 Å². The Morgan fingerprint density at radius 2 is 2.25 bits per heavy atom. The second kappa shape index (κ2) is 6.11. The maximum atomic E-state index is 5.03. The van der Waals surface area contributed by atoms with E-state index in [0.717, 1.165) is 6.54 Å². The maximum absolute atomic E-state index is 5.03. The van der Waals surface area contributed by atoms with Crippen LogP contribution in [0.2, 0.25) is 0 Å². The van der Waals surface area contributed by atoms with Gasteiger partial charge < -0.3 is 10.1 Å². The molecule has 16 heavy (non-hydrogen) atoms. The molecule has 0 atom stereocenters. The van der Waals surface area contributed by atoms with Crippen LogP contribution in [-0.2, 0) is 6.54 Å². The molecule has 0 radical (unpaired) electrons. The molecule has 1 N–H and O–H groups in total. The summed E-state index contributed by atoms with van der Waals surface area (Å²) in [6.45, 7) is 0.909. The third kappa shape index (κ3) is 3.39. The quantitative estimate of drug-likeness (QED) is 0.871. The van der Waals surface area contributed by atoms with Gasteiger partial charge in [-0.05, 0) is 29.9 Å². The van der Waals surface area contributed by atoms with Gasteiger partial charge in [-0.25, -0.2) is 4.98 Å². The number of thioether (sulfide) groups is 1. The van der Waals surface area contributed by atoms with Crippen molar-refractivity contribution < 1.29 is 4.74 Å². The molecule has 2 heterocycles. The van der Waals surface area contributed by atoms with E-state index in [-0.39, 0.29) is 0 Å². The Morgan fingerprint density at radius 1 is 1.44 bits per heavy atom. The van der Waals surface area contributed by atoms with Gasteiger partial charge in [-0.15, -0.1) is 0 Å². The Morgan fingerprint density at radius 3 is 2.88 bits per heavy atom. The fourth-order valence-corrected chi connectivity index (χ4v) is 2.91. The number of aromatic nitrogens is 1. The molecule has 0 aliphatic carbocycles. The van der Waals surface area contributed by atoms with E-state index in [1.54, 1.807) is 7.11 Å². The van der Waals surface area contributed by atoms with Crippen LogP contribution in [0.4, 0.5) is 0 Å². The van der Waals surface area contributed by atoms with Crippen LogP contribution in [0.3, 0.4) is 0 Å². The van der Waals surface area contributed by atoms with Crippen molar-refractivity contribution in [2.75, 3.05) is 18.6 Å². The van der Waals surface area contributed by atoms with Crippen molar-refractivity contribution in [3.05, 3.63) is 23.9 Å². The topological polar surface area (TPSA) is 34.1 Å². The van der Waals surface area contributed by atoms with E-state index in [1.165, 1.54) is 29.9 Å². The summed E-state index contributed by atoms with van der Waals surface area (Å²) in [6, 6.07) is 4.66. The lowest BCUT2D eigenvalue weighted by Crippen LogP contribution is -2.32. The predicted molar refractivity (Wildman–Crippen MR) is 68.0 cm³/mol. The molecule has 0 unspecified atom stereocenters. The predicted octanol–water partition coefficient (Wildman–Crippen LogP) is 2.08. The summed E-state index contributed by atoms with van der Waals surface area (Å²) in [5.41, 5.74) is 1.22. The van der Waals surface area contributed by atoms with Crippen LogP contribution < -0.4 is 10.1 Å². The first-order valence-corrected chi connectivity index (χ1v) is 6.84. The van der Waals surface area contributed by atoms with Gasteiger partial charge in [0.1, 0.15) is 0 Å². The lowest BCUT2D eigenvalue weighted by molar-refractivity contribution is 0.397. The van der Waals surface area contributed by atoms with Gasteiger partial charge in [0.25, 0.3) is 0 Å². The van der Waals surface area contributed by atoms with Crippen LogP contribution in [0.15, 0.2) is 18.3 Å². The third-order valence-corrected chi connectivity index (χ3v) is 3.87. The first-order chi connectivity index (χ1) is 7.88. The molecule has 1 aromatic heterocycles. The van der Waals surface area contributed by atoms with E-state index in [0.29, 0.717) is 11.9 Å². The molecular weight excluding hydrogens is 220 g/mol. The second-order valence-corrected chi connectivity index (χ2v) is 5.20. The molecule has 1 fully saturated rings. The summed E-state index contributed by atoms with van der Waals surface area (Å²) in [5.74, 6) is 3.26. The highest BCUT2D eigenvalue weighted by molar-refractivity contribution is 7.99. The monoisotopic (exact) mass is 238 g/mol. The summed E-state index contributed by atoms with van der Waals surface area (Å²) in [6.07, 6.45) is 4.45. The number of rotatable bonds is 4. The minimum Gasteiger partial charge on any atom is -0.481 e. The normalized spacial score (nSPS) is 17.3. The van der Waals surface area contributed by atoms with Crippen LogP contribution in [0.1, 0.15) is 18.4 Å². The Balaban J connectivity index is 1.79. The van der Waals surface area contributed by atoms with Gasteiger partial charge in [0, 0.05) is 24.8 Å². The summed E-state index contributed by atoms with van der Waals surface area (Å²) in [5, 5.41) is 3.58. The number of nitrogens with zero attached hydrogens (tertiary/aromatic N) is 1. The van der Waals surface area contributed by atoms with Crippen molar-refractivity contribution in [3.63, 3.8) is 0 Å². The van der Waals surface area contributed by atoms with Gasteiger partial charge in [0.2, 0.25) is 5.88 Å². The lowest BCUT2D eigenvalue weighted by atomic mass is 10.1. The van der Waals surface area contributed by atoms with Crippen LogP contribution in [0, 0.1) is 0 Å². The minimum absolute atomic E-state index is 0.679. The van der Waals surface area contributed by atoms with E-state index < -0.39 is 0 Å². The summed E-state index contributed by atoms with van der Waals surface area (Å²) in [7, 11) is 1.64. The van der Waals surface area contributed by atoms with Gasteiger partial charge in [0.15, 0.2) is 0 Å². The van der Waals surface area contributed by atoms with E-state index in [9.17, 15) is 0 Å². The zero-order valence-corrected chi connectivity index (χ0v) is 10.4. The summed E-state index contributed by atoms with van der Waals surface area (Å²) >= 11 is 2.06. The van der Waals surface area contributed by atoms with Gasteiger partial charge in [-0.3, -0.25) is 0 Å². The second-order valence-electron chi connectivity index (χ2n) is 3.98. The zero-order chi connectivity index (χ0) is 11.2. The number of nitrogens with one attached hydrogen (secondary N) is 1. The molecule has 1 aliphatic rings. The van der Waals surface area contributed by atoms with Crippen molar-refractivity contribution in [2.45, 2.75) is 25.4 Å². The molecule has 0 bridgehead atoms. The van der Waals surface area contributed by atoms with E-state index in [1.807, 2.05) is 12.3 Å². The number of pyridine rings is 1. The molecular formula is C12H18N2OS. The Bertz CT molecular complexity index is 309. The summed E-state index contributed by atoms with van der Waals surface area (Å²) in [4.78, 5) is 4.19. The fraction of sp³-hybridized carbons (Fsp3) is 0.583. The molecule has 3 nitrogen and oxygen atoms in total. The number of methoxy groups -OCH3 is 1. The van der Waals surface area contributed by atoms with E-state index >= 15 is 0 Å². The highest BCUT2D eigenvalue weighted by atomic mass is 32.2. The smallest absolute Gasteiger partial charge is 0.212 e. The van der Waals surface area contributed by atoms with Crippen LogP contribution in [-0.4, -0.2) is 29.6 Å². The Kier molecular flexibility index (Phi) is 4.48. The molecule has 0 spiro atoms. The molecule has 0 aromatic carbocycles. The van der Waals surface area contributed by atoms with Gasteiger partial charge in [0.05, 0.1) is 7.11 Å².